The summed E-state index contributed by atoms with van der Waals surface area (Å²) in [6, 6.07) is 7.90. The number of benzene rings is 1. The Morgan fingerprint density at radius 3 is 2.69 bits per heavy atom. The molecule has 0 atom stereocenters. The molecule has 2 fully saturated rings. The van der Waals surface area contributed by atoms with Gasteiger partial charge in [-0.3, -0.25) is 19.3 Å². The lowest BCUT2D eigenvalue weighted by atomic mass is 10.1. The van der Waals surface area contributed by atoms with Crippen molar-refractivity contribution < 1.29 is 14.4 Å². The third-order valence-electron chi connectivity index (χ3n) is 4.84. The molecule has 1 aromatic carbocycles. The van der Waals surface area contributed by atoms with E-state index in [1.54, 1.807) is 11.0 Å². The Hall–Kier alpha value is -2.54. The molecule has 4 rings (SSSR count). The molecule has 2 aliphatic rings. The van der Waals surface area contributed by atoms with Crippen molar-refractivity contribution in [2.75, 3.05) is 19.6 Å². The minimum atomic E-state index is -0.388. The molecule has 1 aromatic heterocycles. The van der Waals surface area contributed by atoms with Crippen LogP contribution in [-0.2, 0) is 16.6 Å². The molecule has 0 aliphatic carbocycles. The van der Waals surface area contributed by atoms with Crippen molar-refractivity contribution in [2.45, 2.75) is 12.8 Å². The molecule has 7 heteroatoms. The first-order valence-corrected chi connectivity index (χ1v) is 9.43. The highest BCUT2D eigenvalue weighted by Gasteiger charge is 2.37. The number of hydrogen-bond acceptors (Lipinski definition) is 4. The van der Waals surface area contributed by atoms with Gasteiger partial charge in [0.15, 0.2) is 0 Å². The van der Waals surface area contributed by atoms with E-state index in [-0.39, 0.29) is 23.6 Å². The summed E-state index contributed by atoms with van der Waals surface area (Å²) in [5, 5.41) is 0.643. The van der Waals surface area contributed by atoms with Gasteiger partial charge in [-0.1, -0.05) is 18.2 Å². The number of aromatic nitrogens is 1. The van der Waals surface area contributed by atoms with E-state index in [1.807, 2.05) is 42.1 Å². The number of para-hydroxylation sites is 1. The first-order valence-electron chi connectivity index (χ1n) is 8.62. The highest BCUT2D eigenvalue weighted by atomic mass is 32.2. The van der Waals surface area contributed by atoms with Crippen LogP contribution in [0.5, 0.6) is 0 Å². The fourth-order valence-electron chi connectivity index (χ4n) is 3.47. The second kappa shape index (κ2) is 6.64. The lowest BCUT2D eigenvalue weighted by molar-refractivity contribution is -0.135. The third-order valence-corrected chi connectivity index (χ3v) is 5.75. The number of thioether (sulfide) groups is 1. The Bertz CT molecular complexity index is 941. The maximum absolute atomic E-state index is 12.7. The fraction of sp³-hybridized carbons (Fsp3) is 0.316. The first kappa shape index (κ1) is 16.9. The molecule has 26 heavy (non-hydrogen) atoms. The summed E-state index contributed by atoms with van der Waals surface area (Å²) < 4.78 is 1.99. The number of aryl methyl sites for hydroxylation is 1. The van der Waals surface area contributed by atoms with Crippen molar-refractivity contribution in [3.63, 3.8) is 0 Å². The molecule has 3 heterocycles. The second-order valence-electron chi connectivity index (χ2n) is 6.57. The molecule has 0 radical (unpaired) electrons. The van der Waals surface area contributed by atoms with Gasteiger partial charge in [-0.15, -0.1) is 0 Å². The summed E-state index contributed by atoms with van der Waals surface area (Å²) in [4.78, 5) is 40.3. The van der Waals surface area contributed by atoms with E-state index < -0.39 is 0 Å². The van der Waals surface area contributed by atoms with Gasteiger partial charge in [-0.25, -0.2) is 0 Å². The van der Waals surface area contributed by atoms with Crippen LogP contribution in [0, 0.1) is 0 Å². The van der Waals surface area contributed by atoms with Crippen LogP contribution in [-0.4, -0.2) is 51.1 Å². The maximum Gasteiger partial charge on any atom is 0.294 e. The van der Waals surface area contributed by atoms with E-state index >= 15 is 0 Å². The molecule has 0 bridgehead atoms. The standard InChI is InChI=1S/C19H19N3O3S/c1-20-11-13(14-6-2-3-7-15(14)20)10-16-18(24)22(19(25)26-16)12-17(23)21-8-4-5-9-21/h2-3,6-7,10-11H,4-5,8-9,12H2,1H3/b16-10-. The lowest BCUT2D eigenvalue weighted by Crippen LogP contribution is -2.40. The van der Waals surface area contributed by atoms with Gasteiger partial charge < -0.3 is 9.47 Å². The highest BCUT2D eigenvalue weighted by molar-refractivity contribution is 8.18. The van der Waals surface area contributed by atoms with Crippen molar-refractivity contribution in [3.05, 3.63) is 40.9 Å². The number of carbonyl (C=O) groups is 3. The van der Waals surface area contributed by atoms with Crippen LogP contribution in [0.25, 0.3) is 17.0 Å². The summed E-state index contributed by atoms with van der Waals surface area (Å²) in [5.41, 5.74) is 1.95. The van der Waals surface area contributed by atoms with Crippen LogP contribution >= 0.6 is 11.8 Å². The summed E-state index contributed by atoms with van der Waals surface area (Å²) in [5.74, 6) is -0.545. The molecule has 0 unspecified atom stereocenters. The summed E-state index contributed by atoms with van der Waals surface area (Å²) in [7, 11) is 1.94. The maximum atomic E-state index is 12.7. The zero-order chi connectivity index (χ0) is 18.3. The quantitative estimate of drug-likeness (QED) is 0.781. The van der Waals surface area contributed by atoms with Crippen LogP contribution in [0.1, 0.15) is 18.4 Å². The van der Waals surface area contributed by atoms with E-state index in [2.05, 4.69) is 0 Å². The van der Waals surface area contributed by atoms with Crippen LogP contribution in [0.4, 0.5) is 4.79 Å². The molecular formula is C19H19N3O3S. The SMILES string of the molecule is Cn1cc(/C=C2\SC(=O)N(CC(=O)N3CCCC3)C2=O)c2ccccc21. The largest absolute Gasteiger partial charge is 0.350 e. The van der Waals surface area contributed by atoms with Gasteiger partial charge in [0.2, 0.25) is 5.91 Å². The van der Waals surface area contributed by atoms with Gasteiger partial charge in [0.05, 0.1) is 4.91 Å². The molecule has 0 spiro atoms. The number of imide groups is 1. The number of nitrogens with zero attached hydrogens (tertiary/aromatic N) is 3. The Balaban J connectivity index is 1.58. The fourth-order valence-corrected chi connectivity index (χ4v) is 4.30. The highest BCUT2D eigenvalue weighted by Crippen LogP contribution is 2.34. The molecular weight excluding hydrogens is 350 g/mol. The Morgan fingerprint density at radius 2 is 1.92 bits per heavy atom. The zero-order valence-electron chi connectivity index (χ0n) is 14.5. The summed E-state index contributed by atoms with van der Waals surface area (Å²) in [6.45, 7) is 1.25. The second-order valence-corrected chi connectivity index (χ2v) is 7.56. The van der Waals surface area contributed by atoms with E-state index in [0.717, 1.165) is 46.0 Å². The zero-order valence-corrected chi connectivity index (χ0v) is 15.3. The predicted octanol–water partition coefficient (Wildman–Crippen LogP) is 2.84. The van der Waals surface area contributed by atoms with Gasteiger partial charge in [0.1, 0.15) is 6.54 Å². The lowest BCUT2D eigenvalue weighted by Gasteiger charge is -2.18. The van der Waals surface area contributed by atoms with Crippen molar-refractivity contribution in [1.29, 1.82) is 0 Å². The van der Waals surface area contributed by atoms with Crippen LogP contribution < -0.4 is 0 Å². The van der Waals surface area contributed by atoms with Crippen molar-refractivity contribution >= 4 is 45.8 Å². The molecule has 2 aromatic rings. The van der Waals surface area contributed by atoms with E-state index in [0.29, 0.717) is 18.0 Å². The van der Waals surface area contributed by atoms with Gasteiger partial charge in [0, 0.05) is 42.8 Å². The number of carbonyl (C=O) groups excluding carboxylic acids is 3. The summed E-state index contributed by atoms with van der Waals surface area (Å²) in [6.07, 6.45) is 5.64. The third kappa shape index (κ3) is 2.92. The molecule has 2 saturated heterocycles. The Morgan fingerprint density at radius 1 is 1.19 bits per heavy atom. The van der Waals surface area contributed by atoms with Crippen LogP contribution in [0.15, 0.2) is 35.4 Å². The van der Waals surface area contributed by atoms with Gasteiger partial charge in [0.25, 0.3) is 11.1 Å². The smallest absolute Gasteiger partial charge is 0.294 e. The topological polar surface area (TPSA) is 62.6 Å². The predicted molar refractivity (Wildman–Crippen MR) is 101 cm³/mol. The van der Waals surface area contributed by atoms with Crippen LogP contribution in [0.2, 0.25) is 0 Å². The van der Waals surface area contributed by atoms with Gasteiger partial charge in [-0.05, 0) is 36.7 Å². The Kier molecular flexibility index (Phi) is 4.32. The molecule has 2 aliphatic heterocycles. The molecule has 0 N–H and O–H groups in total. The molecule has 6 nitrogen and oxygen atoms in total. The number of fused-ring (bicyclic) bond motifs is 1. The van der Waals surface area contributed by atoms with Crippen LogP contribution in [0.3, 0.4) is 0 Å². The number of likely N-dealkylation sites (tertiary alicyclic amines) is 1. The minimum absolute atomic E-state index is 0.156. The average molecular weight is 369 g/mol. The molecule has 3 amide bonds. The molecule has 0 saturated carbocycles. The molecule has 134 valence electrons. The monoisotopic (exact) mass is 369 g/mol. The van der Waals surface area contributed by atoms with E-state index in [4.69, 9.17) is 0 Å². The summed E-state index contributed by atoms with van der Waals surface area (Å²) >= 11 is 0.898. The van der Waals surface area contributed by atoms with Crippen molar-refractivity contribution in [3.8, 4) is 0 Å². The number of rotatable bonds is 3. The van der Waals surface area contributed by atoms with E-state index in [1.165, 1.54) is 0 Å². The number of hydrogen-bond donors (Lipinski definition) is 0. The van der Waals surface area contributed by atoms with E-state index in [9.17, 15) is 14.4 Å². The normalized spacial score (nSPS) is 19.3. The van der Waals surface area contributed by atoms with Gasteiger partial charge in [-0.2, -0.15) is 0 Å². The Labute approximate surface area is 155 Å². The minimum Gasteiger partial charge on any atom is -0.350 e. The average Bonchev–Trinajstić information content (AvgIpc) is 3.33. The first-order chi connectivity index (χ1) is 12.5. The van der Waals surface area contributed by atoms with Gasteiger partial charge >= 0.3 is 0 Å². The van der Waals surface area contributed by atoms with Crippen molar-refractivity contribution in [1.82, 2.24) is 14.4 Å². The van der Waals surface area contributed by atoms with Crippen molar-refractivity contribution in [2.24, 2.45) is 7.05 Å². The number of amides is 3.